The maximum absolute atomic E-state index is 8.87. The molecule has 0 aliphatic rings. The molecular weight excluding hydrogens is 256 g/mol. The summed E-state index contributed by atoms with van der Waals surface area (Å²) in [5, 5.41) is 14.2. The van der Waals surface area contributed by atoms with Gasteiger partial charge in [0.1, 0.15) is 12.1 Å². The van der Waals surface area contributed by atoms with E-state index >= 15 is 0 Å². The molecule has 3 rings (SSSR count). The van der Waals surface area contributed by atoms with Crippen molar-refractivity contribution in [3.8, 4) is 6.07 Å². The lowest BCUT2D eigenvalue weighted by molar-refractivity contribution is 1.10. The monoisotopic (exact) mass is 266 g/mol. The Morgan fingerprint density at radius 2 is 2.21 bits per heavy atom. The molecule has 0 saturated carbocycles. The Bertz CT molecular complexity index is 757. The van der Waals surface area contributed by atoms with Crippen molar-refractivity contribution >= 4 is 27.4 Å². The van der Waals surface area contributed by atoms with Crippen LogP contribution in [0, 0.1) is 11.3 Å². The number of nitrogens with one attached hydrogen (secondary N) is 1. The first-order chi connectivity index (χ1) is 9.36. The molecule has 0 saturated heterocycles. The van der Waals surface area contributed by atoms with Gasteiger partial charge in [0, 0.05) is 6.54 Å². The summed E-state index contributed by atoms with van der Waals surface area (Å²) in [5.74, 6) is 0.836. The predicted octanol–water partition coefficient (Wildman–Crippen LogP) is 3.18. The van der Waals surface area contributed by atoms with Gasteiger partial charge in [-0.3, -0.25) is 0 Å². The van der Waals surface area contributed by atoms with Crippen molar-refractivity contribution in [2.24, 2.45) is 0 Å². The second kappa shape index (κ2) is 5.04. The first-order valence-corrected chi connectivity index (χ1v) is 6.66. The number of nitrogens with zero attached hydrogens (tertiary/aromatic N) is 3. The molecular formula is C14H10N4S. The standard InChI is InChI=1S/C14H10N4S/c15-7-10-2-1-3-11(6-10)8-16-14-13-12(4-5-19-13)17-9-18-14/h1-6,9H,8H2,(H,16,17,18). The maximum atomic E-state index is 8.87. The van der Waals surface area contributed by atoms with E-state index < -0.39 is 0 Å². The summed E-state index contributed by atoms with van der Waals surface area (Å²) < 4.78 is 1.05. The van der Waals surface area contributed by atoms with Crippen LogP contribution in [0.3, 0.4) is 0 Å². The molecule has 19 heavy (non-hydrogen) atoms. The predicted molar refractivity (Wildman–Crippen MR) is 75.9 cm³/mol. The van der Waals surface area contributed by atoms with Gasteiger partial charge in [0.2, 0.25) is 0 Å². The third-order valence-electron chi connectivity index (χ3n) is 2.76. The fourth-order valence-corrected chi connectivity index (χ4v) is 2.66. The van der Waals surface area contributed by atoms with Crippen LogP contribution in [0.25, 0.3) is 10.2 Å². The Morgan fingerprint density at radius 3 is 3.11 bits per heavy atom. The largest absolute Gasteiger partial charge is 0.365 e. The maximum Gasteiger partial charge on any atom is 0.147 e. The fraction of sp³-hybridized carbons (Fsp3) is 0.0714. The van der Waals surface area contributed by atoms with Crippen LogP contribution >= 0.6 is 11.3 Å². The highest BCUT2D eigenvalue weighted by Gasteiger charge is 2.04. The minimum Gasteiger partial charge on any atom is -0.365 e. The molecule has 0 atom stereocenters. The van der Waals surface area contributed by atoms with Gasteiger partial charge >= 0.3 is 0 Å². The Hall–Kier alpha value is -2.45. The smallest absolute Gasteiger partial charge is 0.147 e. The number of rotatable bonds is 3. The third-order valence-corrected chi connectivity index (χ3v) is 3.67. The van der Waals surface area contributed by atoms with Crippen molar-refractivity contribution in [1.29, 1.82) is 5.26 Å². The van der Waals surface area contributed by atoms with Gasteiger partial charge in [-0.25, -0.2) is 9.97 Å². The number of hydrogen-bond donors (Lipinski definition) is 1. The van der Waals surface area contributed by atoms with E-state index in [0.29, 0.717) is 12.1 Å². The second-order valence-electron chi connectivity index (χ2n) is 4.02. The number of hydrogen-bond acceptors (Lipinski definition) is 5. The van der Waals surface area contributed by atoms with E-state index in [2.05, 4.69) is 21.4 Å². The lowest BCUT2D eigenvalue weighted by Gasteiger charge is -2.06. The molecule has 0 unspecified atom stereocenters. The lowest BCUT2D eigenvalue weighted by atomic mass is 10.1. The van der Waals surface area contributed by atoms with Crippen LogP contribution in [0.4, 0.5) is 5.82 Å². The molecule has 0 amide bonds. The fourth-order valence-electron chi connectivity index (χ4n) is 1.85. The Kier molecular flexibility index (Phi) is 3.09. The van der Waals surface area contributed by atoms with Crippen LogP contribution in [-0.2, 0) is 6.54 Å². The first-order valence-electron chi connectivity index (χ1n) is 5.78. The summed E-state index contributed by atoms with van der Waals surface area (Å²) in [4.78, 5) is 8.46. The number of benzene rings is 1. The average molecular weight is 266 g/mol. The normalized spacial score (nSPS) is 10.3. The molecule has 5 heteroatoms. The van der Waals surface area contributed by atoms with Crippen LogP contribution in [0.15, 0.2) is 42.0 Å². The van der Waals surface area contributed by atoms with E-state index in [-0.39, 0.29) is 0 Å². The summed E-state index contributed by atoms with van der Waals surface area (Å²) in [6.07, 6.45) is 1.56. The molecule has 2 aromatic heterocycles. The van der Waals surface area contributed by atoms with E-state index in [4.69, 9.17) is 5.26 Å². The van der Waals surface area contributed by atoms with Crippen LogP contribution in [0.2, 0.25) is 0 Å². The Morgan fingerprint density at radius 1 is 1.26 bits per heavy atom. The van der Waals surface area contributed by atoms with E-state index in [1.54, 1.807) is 23.7 Å². The van der Waals surface area contributed by atoms with Gasteiger partial charge in [-0.05, 0) is 29.1 Å². The SMILES string of the molecule is N#Cc1cccc(CNc2ncnc3ccsc23)c1. The zero-order chi connectivity index (χ0) is 13.1. The number of thiophene rings is 1. The Balaban J connectivity index is 1.82. The van der Waals surface area contributed by atoms with Crippen molar-refractivity contribution in [1.82, 2.24) is 9.97 Å². The molecule has 0 bridgehead atoms. The molecule has 0 radical (unpaired) electrons. The van der Waals surface area contributed by atoms with Crippen molar-refractivity contribution in [2.45, 2.75) is 6.54 Å². The highest BCUT2D eigenvalue weighted by molar-refractivity contribution is 7.17. The number of nitriles is 1. The van der Waals surface area contributed by atoms with E-state index in [9.17, 15) is 0 Å². The molecule has 0 aliphatic carbocycles. The number of aromatic nitrogens is 2. The van der Waals surface area contributed by atoms with Crippen LogP contribution in [-0.4, -0.2) is 9.97 Å². The van der Waals surface area contributed by atoms with Crippen LogP contribution < -0.4 is 5.32 Å². The van der Waals surface area contributed by atoms with Crippen molar-refractivity contribution < 1.29 is 0 Å². The van der Waals surface area contributed by atoms with Gasteiger partial charge in [-0.15, -0.1) is 11.3 Å². The van der Waals surface area contributed by atoms with Gasteiger partial charge in [0.25, 0.3) is 0 Å². The van der Waals surface area contributed by atoms with Crippen molar-refractivity contribution in [3.63, 3.8) is 0 Å². The number of fused-ring (bicyclic) bond motifs is 1. The molecule has 2 heterocycles. The van der Waals surface area contributed by atoms with Gasteiger partial charge in [-0.2, -0.15) is 5.26 Å². The molecule has 4 nitrogen and oxygen atoms in total. The average Bonchev–Trinajstić information content (AvgIpc) is 2.94. The van der Waals surface area contributed by atoms with Gasteiger partial charge in [0.15, 0.2) is 0 Å². The highest BCUT2D eigenvalue weighted by Crippen LogP contribution is 2.25. The molecule has 3 aromatic rings. The van der Waals surface area contributed by atoms with Crippen LogP contribution in [0.1, 0.15) is 11.1 Å². The second-order valence-corrected chi connectivity index (χ2v) is 4.94. The topological polar surface area (TPSA) is 61.6 Å². The van der Waals surface area contributed by atoms with E-state index in [1.807, 2.05) is 29.6 Å². The molecule has 0 fully saturated rings. The van der Waals surface area contributed by atoms with E-state index in [0.717, 1.165) is 21.6 Å². The van der Waals surface area contributed by atoms with Gasteiger partial charge in [-0.1, -0.05) is 12.1 Å². The number of anilines is 1. The summed E-state index contributed by atoms with van der Waals surface area (Å²) in [6, 6.07) is 11.7. The van der Waals surface area contributed by atoms with Gasteiger partial charge in [0.05, 0.1) is 21.8 Å². The van der Waals surface area contributed by atoms with E-state index in [1.165, 1.54) is 0 Å². The quantitative estimate of drug-likeness (QED) is 0.791. The van der Waals surface area contributed by atoms with Gasteiger partial charge < -0.3 is 5.32 Å². The van der Waals surface area contributed by atoms with Crippen molar-refractivity contribution in [2.75, 3.05) is 5.32 Å². The van der Waals surface area contributed by atoms with Crippen LogP contribution in [0.5, 0.6) is 0 Å². The molecule has 1 N–H and O–H groups in total. The third kappa shape index (κ3) is 2.39. The molecule has 92 valence electrons. The minimum absolute atomic E-state index is 0.638. The zero-order valence-corrected chi connectivity index (χ0v) is 10.8. The minimum atomic E-state index is 0.638. The molecule has 0 spiro atoms. The Labute approximate surface area is 114 Å². The molecule has 0 aliphatic heterocycles. The lowest BCUT2D eigenvalue weighted by Crippen LogP contribution is -2.01. The zero-order valence-electron chi connectivity index (χ0n) is 10.00. The molecule has 1 aromatic carbocycles. The highest BCUT2D eigenvalue weighted by atomic mass is 32.1. The first kappa shape index (κ1) is 11.6. The summed E-state index contributed by atoms with van der Waals surface area (Å²) in [6.45, 7) is 0.638. The summed E-state index contributed by atoms with van der Waals surface area (Å²) >= 11 is 1.62. The van der Waals surface area contributed by atoms with Crippen molar-refractivity contribution in [3.05, 3.63) is 53.2 Å². The summed E-state index contributed by atoms with van der Waals surface area (Å²) in [7, 11) is 0. The summed E-state index contributed by atoms with van der Waals surface area (Å²) in [5.41, 5.74) is 2.68.